The Bertz CT molecular complexity index is 1110. The van der Waals surface area contributed by atoms with Crippen LogP contribution in [0, 0.1) is 34.5 Å². The minimum absolute atomic E-state index is 0.187. The zero-order valence-electron chi connectivity index (χ0n) is 19.9. The van der Waals surface area contributed by atoms with Crippen molar-refractivity contribution in [1.82, 2.24) is 0 Å². The van der Waals surface area contributed by atoms with Crippen molar-refractivity contribution in [2.75, 3.05) is 0 Å². The molecule has 1 heterocycles. The van der Waals surface area contributed by atoms with Crippen LogP contribution in [0.1, 0.15) is 77.4 Å². The second-order valence-corrected chi connectivity index (χ2v) is 12.2. The molecule has 4 saturated carbocycles. The topological polar surface area (TPSA) is 30.2 Å². The summed E-state index contributed by atoms with van der Waals surface area (Å²) < 4.78 is 6.13. The van der Waals surface area contributed by atoms with Crippen molar-refractivity contribution < 1.29 is 9.21 Å². The summed E-state index contributed by atoms with van der Waals surface area (Å²) in [4.78, 5) is 13.7. The van der Waals surface area contributed by atoms with Gasteiger partial charge in [-0.2, -0.15) is 0 Å². The van der Waals surface area contributed by atoms with Gasteiger partial charge in [0.05, 0.1) is 0 Å². The molecule has 4 fully saturated rings. The summed E-state index contributed by atoms with van der Waals surface area (Å²) in [5, 5.41) is 0.697. The molecule has 6 atom stereocenters. The van der Waals surface area contributed by atoms with Crippen molar-refractivity contribution in [3.63, 3.8) is 0 Å². The molecule has 2 nitrogen and oxygen atoms in total. The molecule has 0 unspecified atom stereocenters. The number of rotatable bonds is 2. The fourth-order valence-corrected chi connectivity index (χ4v) is 8.68. The van der Waals surface area contributed by atoms with Gasteiger partial charge in [0.2, 0.25) is 0 Å². The number of ketones is 1. The molecule has 0 radical (unpaired) electrons. The Kier molecular flexibility index (Phi) is 5.18. The largest absolute Gasteiger partial charge is 0.457 e. The number of Topliss-reactive ketones (excluding diaryl/α,β-unsaturated/α-hetero) is 1. The average Bonchev–Trinajstić information content (AvgIpc) is 3.37. The molecule has 0 N–H and O–H groups in total. The van der Waals surface area contributed by atoms with Gasteiger partial charge in [0.1, 0.15) is 11.5 Å². The number of benzene rings is 1. The first-order valence-corrected chi connectivity index (χ1v) is 13.4. The summed E-state index contributed by atoms with van der Waals surface area (Å²) in [5.41, 5.74) is 2.26. The summed E-state index contributed by atoms with van der Waals surface area (Å²) in [6.07, 6.45) is 13.6. The highest BCUT2D eigenvalue weighted by atomic mass is 35.5. The van der Waals surface area contributed by atoms with E-state index in [1.54, 1.807) is 0 Å². The van der Waals surface area contributed by atoms with Crippen molar-refractivity contribution in [2.24, 2.45) is 34.5 Å². The van der Waals surface area contributed by atoms with E-state index in [1.807, 2.05) is 42.5 Å². The number of hydrogen-bond acceptors (Lipinski definition) is 2. The number of furan rings is 1. The Morgan fingerprint density at radius 1 is 1.00 bits per heavy atom. The first-order valence-electron chi connectivity index (χ1n) is 13.0. The molecule has 4 aliphatic rings. The number of hydrogen-bond donors (Lipinski definition) is 0. The monoisotopic (exact) mass is 462 g/mol. The van der Waals surface area contributed by atoms with Crippen LogP contribution in [-0.2, 0) is 4.79 Å². The molecular formula is C30H35ClO2. The number of carbonyl (C=O) groups excluding carboxylic acids is 1. The molecule has 33 heavy (non-hydrogen) atoms. The summed E-state index contributed by atoms with van der Waals surface area (Å²) in [6, 6.07) is 11.7. The number of fused-ring (bicyclic) bond motifs is 5. The molecule has 0 aliphatic heterocycles. The van der Waals surface area contributed by atoms with Gasteiger partial charge in [-0.3, -0.25) is 4.79 Å². The fourth-order valence-electron chi connectivity index (χ4n) is 8.49. The molecule has 3 heteroatoms. The molecule has 2 aromatic rings. The lowest BCUT2D eigenvalue weighted by Gasteiger charge is -2.59. The SMILES string of the molecule is C[C@]12CCCC[C@@H]1CC[C@H]1[C@H]2CC[C@]2(C)C(=O)/C(=C/c3ccc(-c4cccc(Cl)c4)o3)C[C@H]12. The maximum Gasteiger partial charge on any atom is 0.165 e. The number of halogens is 1. The van der Waals surface area contributed by atoms with Gasteiger partial charge in [0.25, 0.3) is 0 Å². The highest BCUT2D eigenvalue weighted by Gasteiger charge is 2.60. The van der Waals surface area contributed by atoms with Gasteiger partial charge in [-0.15, -0.1) is 0 Å². The Morgan fingerprint density at radius 2 is 1.88 bits per heavy atom. The molecule has 1 aromatic carbocycles. The summed E-state index contributed by atoms with van der Waals surface area (Å²) in [7, 11) is 0. The quantitative estimate of drug-likeness (QED) is 0.418. The highest BCUT2D eigenvalue weighted by molar-refractivity contribution is 6.30. The van der Waals surface area contributed by atoms with Crippen molar-refractivity contribution in [1.29, 1.82) is 0 Å². The second kappa shape index (κ2) is 7.87. The predicted octanol–water partition coefficient (Wildman–Crippen LogP) is 8.60. The van der Waals surface area contributed by atoms with E-state index in [0.717, 1.165) is 47.3 Å². The molecule has 0 amide bonds. The Morgan fingerprint density at radius 3 is 2.73 bits per heavy atom. The average molecular weight is 463 g/mol. The lowest BCUT2D eigenvalue weighted by Crippen LogP contribution is -2.52. The summed E-state index contributed by atoms with van der Waals surface area (Å²) >= 11 is 6.15. The maximum atomic E-state index is 13.7. The number of carbonyl (C=O) groups is 1. The van der Waals surface area contributed by atoms with Crippen LogP contribution in [0.5, 0.6) is 0 Å². The molecule has 4 aliphatic carbocycles. The van der Waals surface area contributed by atoms with Crippen LogP contribution < -0.4 is 0 Å². The molecular weight excluding hydrogens is 428 g/mol. The summed E-state index contributed by atoms with van der Waals surface area (Å²) in [6.45, 7) is 4.87. The lowest BCUT2D eigenvalue weighted by atomic mass is 9.45. The third-order valence-electron chi connectivity index (χ3n) is 10.3. The predicted molar refractivity (Wildman–Crippen MR) is 134 cm³/mol. The molecule has 1 aromatic heterocycles. The van der Waals surface area contributed by atoms with Gasteiger partial charge in [0, 0.05) is 16.0 Å². The highest BCUT2D eigenvalue weighted by Crippen LogP contribution is 2.66. The van der Waals surface area contributed by atoms with Gasteiger partial charge < -0.3 is 4.42 Å². The lowest BCUT2D eigenvalue weighted by molar-refractivity contribution is -0.137. The Labute approximate surface area is 202 Å². The number of allylic oxidation sites excluding steroid dienone is 1. The van der Waals surface area contributed by atoms with Crippen LogP contribution >= 0.6 is 11.6 Å². The van der Waals surface area contributed by atoms with E-state index < -0.39 is 0 Å². The van der Waals surface area contributed by atoms with E-state index in [-0.39, 0.29) is 5.41 Å². The van der Waals surface area contributed by atoms with Gasteiger partial charge >= 0.3 is 0 Å². The normalized spacial score (nSPS) is 39.2. The minimum atomic E-state index is -0.187. The zero-order chi connectivity index (χ0) is 22.8. The van der Waals surface area contributed by atoms with Crippen molar-refractivity contribution in [3.8, 4) is 11.3 Å². The fraction of sp³-hybridized carbons (Fsp3) is 0.567. The van der Waals surface area contributed by atoms with E-state index in [1.165, 1.54) is 44.9 Å². The van der Waals surface area contributed by atoms with E-state index in [9.17, 15) is 4.79 Å². The molecule has 174 valence electrons. The van der Waals surface area contributed by atoms with Crippen LogP contribution in [0.4, 0.5) is 0 Å². The molecule has 0 bridgehead atoms. The van der Waals surface area contributed by atoms with Crippen molar-refractivity contribution in [3.05, 3.63) is 52.8 Å². The van der Waals surface area contributed by atoms with E-state index in [2.05, 4.69) is 13.8 Å². The van der Waals surface area contributed by atoms with Gasteiger partial charge in [-0.1, -0.05) is 50.4 Å². The van der Waals surface area contributed by atoms with Crippen molar-refractivity contribution >= 4 is 23.5 Å². The third-order valence-corrected chi connectivity index (χ3v) is 10.5. The van der Waals surface area contributed by atoms with Crippen LogP contribution in [0.3, 0.4) is 0 Å². The summed E-state index contributed by atoms with van der Waals surface area (Å²) in [5.74, 6) is 4.87. The molecule has 6 rings (SSSR count). The molecule has 0 saturated heterocycles. The maximum absolute atomic E-state index is 13.7. The van der Waals surface area contributed by atoms with Crippen LogP contribution in [0.15, 0.2) is 46.4 Å². The molecule has 0 spiro atoms. The van der Waals surface area contributed by atoms with Crippen LogP contribution in [0.25, 0.3) is 17.4 Å². The van der Waals surface area contributed by atoms with Crippen LogP contribution in [0.2, 0.25) is 5.02 Å². The van der Waals surface area contributed by atoms with Gasteiger partial charge in [0.15, 0.2) is 5.78 Å². The minimum Gasteiger partial charge on any atom is -0.457 e. The Balaban J connectivity index is 1.28. The van der Waals surface area contributed by atoms with E-state index >= 15 is 0 Å². The first-order chi connectivity index (χ1) is 15.9. The van der Waals surface area contributed by atoms with Gasteiger partial charge in [-0.25, -0.2) is 0 Å². The third kappa shape index (κ3) is 3.39. The standard InChI is InChI=1S/C30H35ClO2/c1-29-14-4-3-7-21(29)9-11-24-25(29)13-15-30(2)26(24)18-20(28(30)32)17-23-10-12-27(33-23)19-6-5-8-22(31)16-19/h5-6,8,10,12,16-17,21,24-26H,3-4,7,9,11,13-15,18H2,1-2H3/b20-17+/t21-,24+,25-,26-,29+,30+/m1/s1. The zero-order valence-corrected chi connectivity index (χ0v) is 20.7. The van der Waals surface area contributed by atoms with E-state index in [4.69, 9.17) is 16.0 Å². The Hall–Kier alpha value is -1.80. The van der Waals surface area contributed by atoms with Crippen molar-refractivity contribution in [2.45, 2.75) is 71.6 Å². The van der Waals surface area contributed by atoms with Gasteiger partial charge in [-0.05, 0) is 110 Å². The second-order valence-electron chi connectivity index (χ2n) is 11.8. The van der Waals surface area contributed by atoms with E-state index in [0.29, 0.717) is 28.1 Å². The smallest absolute Gasteiger partial charge is 0.165 e. The first kappa shape index (κ1) is 21.7. The van der Waals surface area contributed by atoms with Crippen LogP contribution in [-0.4, -0.2) is 5.78 Å².